The second-order valence-corrected chi connectivity index (χ2v) is 4.50. The molecule has 0 unspecified atom stereocenters. The highest BCUT2D eigenvalue weighted by molar-refractivity contribution is 5.92. The Morgan fingerprint density at radius 2 is 2.17 bits per heavy atom. The second-order valence-electron chi connectivity index (χ2n) is 4.50. The Morgan fingerprint density at radius 1 is 1.50 bits per heavy atom. The molecule has 0 fully saturated rings. The van der Waals surface area contributed by atoms with Gasteiger partial charge in [0.1, 0.15) is 5.75 Å². The van der Waals surface area contributed by atoms with E-state index in [4.69, 9.17) is 4.74 Å². The number of rotatable bonds is 5. The van der Waals surface area contributed by atoms with Gasteiger partial charge in [-0.25, -0.2) is 0 Å². The zero-order valence-electron chi connectivity index (χ0n) is 11.6. The lowest BCUT2D eigenvalue weighted by molar-refractivity contribution is -0.116. The molecule has 1 rings (SSSR count). The van der Waals surface area contributed by atoms with Crippen LogP contribution in [0.4, 0.5) is 5.69 Å². The summed E-state index contributed by atoms with van der Waals surface area (Å²) in [6.07, 6.45) is 1.71. The van der Waals surface area contributed by atoms with Crippen LogP contribution in [0.2, 0.25) is 0 Å². The lowest BCUT2D eigenvalue weighted by Gasteiger charge is -2.21. The Bertz CT molecular complexity index is 438. The van der Waals surface area contributed by atoms with Crippen molar-refractivity contribution >= 4 is 11.6 Å². The number of nitrogens with zero attached hydrogens (tertiary/aromatic N) is 1. The van der Waals surface area contributed by atoms with Gasteiger partial charge in [-0.15, -0.1) is 6.58 Å². The van der Waals surface area contributed by atoms with Crippen LogP contribution in [0.3, 0.4) is 0 Å². The first-order valence-corrected chi connectivity index (χ1v) is 6.08. The van der Waals surface area contributed by atoms with Crippen molar-refractivity contribution in [1.29, 1.82) is 0 Å². The molecular weight excluding hydrogens is 226 g/mol. The van der Waals surface area contributed by atoms with E-state index in [1.54, 1.807) is 25.0 Å². The van der Waals surface area contributed by atoms with Crippen molar-refractivity contribution in [3.05, 3.63) is 36.4 Å². The molecule has 1 amide bonds. The molecule has 0 radical (unpaired) electrons. The van der Waals surface area contributed by atoms with Crippen molar-refractivity contribution in [2.75, 3.05) is 18.6 Å². The fraction of sp³-hybridized carbons (Fsp3) is 0.400. The Labute approximate surface area is 109 Å². The van der Waals surface area contributed by atoms with E-state index >= 15 is 0 Å². The monoisotopic (exact) mass is 247 g/mol. The van der Waals surface area contributed by atoms with Crippen LogP contribution in [-0.2, 0) is 4.79 Å². The minimum atomic E-state index is -0.00532. The van der Waals surface area contributed by atoms with E-state index in [-0.39, 0.29) is 5.91 Å². The zero-order valence-corrected chi connectivity index (χ0v) is 11.6. The largest absolute Gasteiger partial charge is 0.496 e. The summed E-state index contributed by atoms with van der Waals surface area (Å²) in [4.78, 5) is 13.3. The fourth-order valence-electron chi connectivity index (χ4n) is 1.89. The maximum Gasteiger partial charge on any atom is 0.224 e. The van der Waals surface area contributed by atoms with Gasteiger partial charge in [0.2, 0.25) is 5.91 Å². The number of carbonyl (C=O) groups is 1. The minimum Gasteiger partial charge on any atom is -0.496 e. The van der Waals surface area contributed by atoms with Gasteiger partial charge >= 0.3 is 0 Å². The summed E-state index contributed by atoms with van der Waals surface area (Å²) < 4.78 is 5.39. The third kappa shape index (κ3) is 3.13. The summed E-state index contributed by atoms with van der Waals surface area (Å²) in [6.45, 7) is 9.95. The third-order valence-corrected chi connectivity index (χ3v) is 2.84. The van der Waals surface area contributed by atoms with E-state index in [1.807, 2.05) is 18.2 Å². The van der Waals surface area contributed by atoms with Crippen molar-refractivity contribution in [3.8, 4) is 5.75 Å². The molecule has 0 aromatic heterocycles. The molecule has 1 aromatic carbocycles. The molecule has 3 nitrogen and oxygen atoms in total. The maximum atomic E-state index is 11.6. The predicted octanol–water partition coefficient (Wildman–Crippen LogP) is 3.36. The summed E-state index contributed by atoms with van der Waals surface area (Å²) in [5, 5.41) is 0. The van der Waals surface area contributed by atoms with Crippen molar-refractivity contribution in [2.45, 2.75) is 26.7 Å². The van der Waals surface area contributed by atoms with Gasteiger partial charge in [-0.3, -0.25) is 4.79 Å². The van der Waals surface area contributed by atoms with E-state index in [1.165, 1.54) is 0 Å². The van der Waals surface area contributed by atoms with Gasteiger partial charge < -0.3 is 9.64 Å². The van der Waals surface area contributed by atoms with Gasteiger partial charge in [-0.05, 0) is 17.5 Å². The zero-order chi connectivity index (χ0) is 13.7. The molecule has 18 heavy (non-hydrogen) atoms. The van der Waals surface area contributed by atoms with Gasteiger partial charge in [0.25, 0.3) is 0 Å². The standard InChI is InChI=1S/C15H21NO2/c1-6-9-16(12(4)17)13-7-8-14(11(2)3)15(10-13)18-5/h6-8,10-11H,1,9H2,2-5H3. The average Bonchev–Trinajstić information content (AvgIpc) is 2.34. The van der Waals surface area contributed by atoms with Crippen molar-refractivity contribution < 1.29 is 9.53 Å². The van der Waals surface area contributed by atoms with Crippen LogP contribution in [0, 0.1) is 0 Å². The van der Waals surface area contributed by atoms with Gasteiger partial charge in [0.15, 0.2) is 0 Å². The first-order chi connectivity index (χ1) is 8.51. The van der Waals surface area contributed by atoms with Crippen molar-refractivity contribution in [2.24, 2.45) is 0 Å². The number of ether oxygens (including phenoxy) is 1. The maximum absolute atomic E-state index is 11.6. The number of hydrogen-bond acceptors (Lipinski definition) is 2. The molecule has 0 bridgehead atoms. The van der Waals surface area contributed by atoms with Crippen molar-refractivity contribution in [1.82, 2.24) is 0 Å². The SMILES string of the molecule is C=CCN(C(C)=O)c1ccc(C(C)C)c(OC)c1. The molecule has 0 aliphatic rings. The van der Waals surface area contributed by atoms with Crippen LogP contribution < -0.4 is 9.64 Å². The van der Waals surface area contributed by atoms with Gasteiger partial charge in [-0.1, -0.05) is 26.0 Å². The van der Waals surface area contributed by atoms with Gasteiger partial charge in [0.05, 0.1) is 7.11 Å². The van der Waals surface area contributed by atoms with Gasteiger partial charge in [-0.2, -0.15) is 0 Å². The fourth-order valence-corrected chi connectivity index (χ4v) is 1.89. The Kier molecular flexibility index (Phi) is 4.95. The molecule has 1 aromatic rings. The summed E-state index contributed by atoms with van der Waals surface area (Å²) in [7, 11) is 1.65. The quantitative estimate of drug-likeness (QED) is 0.747. The normalized spacial score (nSPS) is 10.3. The van der Waals surface area contributed by atoms with E-state index in [9.17, 15) is 4.79 Å². The first-order valence-electron chi connectivity index (χ1n) is 6.08. The second kappa shape index (κ2) is 6.24. The number of amides is 1. The summed E-state index contributed by atoms with van der Waals surface area (Å²) >= 11 is 0. The van der Waals surface area contributed by atoms with Crippen LogP contribution in [0.1, 0.15) is 32.3 Å². The molecule has 0 heterocycles. The minimum absolute atomic E-state index is 0.00532. The van der Waals surface area contributed by atoms with Crippen LogP contribution in [0.5, 0.6) is 5.75 Å². The van der Waals surface area contributed by atoms with E-state index < -0.39 is 0 Å². The van der Waals surface area contributed by atoms with Crippen LogP contribution in [0.15, 0.2) is 30.9 Å². The molecule has 0 atom stereocenters. The van der Waals surface area contributed by atoms with Gasteiger partial charge in [0, 0.05) is 25.2 Å². The lowest BCUT2D eigenvalue weighted by Crippen LogP contribution is -2.28. The van der Waals surface area contributed by atoms with E-state index in [0.29, 0.717) is 12.5 Å². The number of carbonyl (C=O) groups excluding carboxylic acids is 1. The van der Waals surface area contributed by atoms with Crippen LogP contribution in [-0.4, -0.2) is 19.6 Å². The molecule has 0 spiro atoms. The molecular formula is C15H21NO2. The number of hydrogen-bond donors (Lipinski definition) is 0. The van der Waals surface area contributed by atoms with Crippen molar-refractivity contribution in [3.63, 3.8) is 0 Å². The van der Waals surface area contributed by atoms with E-state index in [2.05, 4.69) is 20.4 Å². The molecule has 0 aliphatic carbocycles. The average molecular weight is 247 g/mol. The smallest absolute Gasteiger partial charge is 0.224 e. The Morgan fingerprint density at radius 3 is 2.61 bits per heavy atom. The molecule has 3 heteroatoms. The van der Waals surface area contributed by atoms with Crippen LogP contribution in [0.25, 0.3) is 0 Å². The molecule has 98 valence electrons. The molecule has 0 saturated carbocycles. The lowest BCUT2D eigenvalue weighted by atomic mass is 10.0. The highest BCUT2D eigenvalue weighted by Gasteiger charge is 2.13. The highest BCUT2D eigenvalue weighted by Crippen LogP contribution is 2.30. The number of benzene rings is 1. The highest BCUT2D eigenvalue weighted by atomic mass is 16.5. The topological polar surface area (TPSA) is 29.5 Å². The molecule has 0 aliphatic heterocycles. The Hall–Kier alpha value is -1.77. The van der Waals surface area contributed by atoms with Crippen LogP contribution >= 0.6 is 0 Å². The summed E-state index contributed by atoms with van der Waals surface area (Å²) in [5.41, 5.74) is 1.98. The third-order valence-electron chi connectivity index (χ3n) is 2.84. The number of methoxy groups -OCH3 is 1. The predicted molar refractivity (Wildman–Crippen MR) is 75.3 cm³/mol. The first kappa shape index (κ1) is 14.3. The molecule has 0 N–H and O–H groups in total. The molecule has 0 saturated heterocycles. The van der Waals surface area contributed by atoms with E-state index in [0.717, 1.165) is 17.0 Å². The number of anilines is 1. The summed E-state index contributed by atoms with van der Waals surface area (Å²) in [5.74, 6) is 1.20. The Balaban J connectivity index is 3.17. The summed E-state index contributed by atoms with van der Waals surface area (Å²) in [6, 6.07) is 5.86.